The second-order valence-corrected chi connectivity index (χ2v) is 9.28. The molecule has 0 bridgehead atoms. The quantitative estimate of drug-likeness (QED) is 0.438. The molecule has 0 spiro atoms. The molecule has 8 nitrogen and oxygen atoms in total. The molecule has 0 saturated heterocycles. The van der Waals surface area contributed by atoms with Crippen molar-refractivity contribution in [2.24, 2.45) is 10.7 Å². The SMILES string of the molecule is Br.CN(C(=O)CCCOc1ccc2c(c1)CN(CC(=O)Nc1ccccc1)C(N)=N2)C1CCCCC1. The van der Waals surface area contributed by atoms with Gasteiger partial charge in [-0.2, -0.15) is 0 Å². The van der Waals surface area contributed by atoms with E-state index in [4.69, 9.17) is 10.5 Å². The van der Waals surface area contributed by atoms with Crippen LogP contribution in [0.2, 0.25) is 0 Å². The third-order valence-corrected chi connectivity index (χ3v) is 6.68. The van der Waals surface area contributed by atoms with Gasteiger partial charge in [0.1, 0.15) is 12.3 Å². The second-order valence-electron chi connectivity index (χ2n) is 9.28. The summed E-state index contributed by atoms with van der Waals surface area (Å²) in [5.74, 6) is 1.07. The Labute approximate surface area is 223 Å². The van der Waals surface area contributed by atoms with Crippen LogP contribution in [0.1, 0.15) is 50.5 Å². The summed E-state index contributed by atoms with van der Waals surface area (Å²) in [5, 5.41) is 2.87. The predicted octanol–water partition coefficient (Wildman–Crippen LogP) is 4.62. The molecule has 0 unspecified atom stereocenters. The fourth-order valence-corrected chi connectivity index (χ4v) is 4.66. The number of halogens is 1. The minimum Gasteiger partial charge on any atom is -0.494 e. The first kappa shape index (κ1) is 27.5. The number of para-hydroxylation sites is 1. The lowest BCUT2D eigenvalue weighted by atomic mass is 9.94. The van der Waals surface area contributed by atoms with E-state index >= 15 is 0 Å². The normalized spacial score (nSPS) is 15.2. The zero-order valence-electron chi connectivity index (χ0n) is 20.8. The van der Waals surface area contributed by atoms with Crippen LogP contribution in [0.15, 0.2) is 53.5 Å². The smallest absolute Gasteiger partial charge is 0.244 e. The molecule has 0 radical (unpaired) electrons. The summed E-state index contributed by atoms with van der Waals surface area (Å²) >= 11 is 0. The molecule has 36 heavy (non-hydrogen) atoms. The fraction of sp³-hybridized carbons (Fsp3) is 0.444. The molecule has 194 valence electrons. The number of amides is 2. The molecule has 2 aromatic rings. The van der Waals surface area contributed by atoms with Crippen molar-refractivity contribution < 1.29 is 14.3 Å². The number of fused-ring (bicyclic) bond motifs is 1. The maximum atomic E-state index is 12.5. The molecule has 1 saturated carbocycles. The van der Waals surface area contributed by atoms with E-state index in [-0.39, 0.29) is 35.3 Å². The van der Waals surface area contributed by atoms with E-state index < -0.39 is 0 Å². The number of nitrogens with one attached hydrogen (secondary N) is 1. The Kier molecular flexibility index (Phi) is 10.2. The Morgan fingerprint density at radius 1 is 1.14 bits per heavy atom. The van der Waals surface area contributed by atoms with Crippen LogP contribution in [0.25, 0.3) is 0 Å². The van der Waals surface area contributed by atoms with Crippen LogP contribution in [0.5, 0.6) is 5.75 Å². The number of benzene rings is 2. The Bertz CT molecular complexity index is 1060. The van der Waals surface area contributed by atoms with Gasteiger partial charge in [0.05, 0.1) is 12.3 Å². The summed E-state index contributed by atoms with van der Waals surface area (Å²) in [7, 11) is 1.93. The molecular formula is C27H36BrN5O3. The number of ether oxygens (including phenoxy) is 1. The van der Waals surface area contributed by atoms with Crippen molar-refractivity contribution in [1.29, 1.82) is 0 Å². The van der Waals surface area contributed by atoms with E-state index in [1.807, 2.05) is 60.5 Å². The minimum absolute atomic E-state index is 0. The molecule has 1 heterocycles. The molecule has 1 aliphatic carbocycles. The van der Waals surface area contributed by atoms with Crippen LogP contribution in [0.3, 0.4) is 0 Å². The molecule has 4 rings (SSSR count). The average Bonchev–Trinajstić information content (AvgIpc) is 2.87. The summed E-state index contributed by atoms with van der Waals surface area (Å²) in [4.78, 5) is 33.1. The largest absolute Gasteiger partial charge is 0.494 e. The Morgan fingerprint density at radius 2 is 1.89 bits per heavy atom. The van der Waals surface area contributed by atoms with Gasteiger partial charge in [0.15, 0.2) is 5.96 Å². The lowest BCUT2D eigenvalue weighted by molar-refractivity contribution is -0.132. The van der Waals surface area contributed by atoms with E-state index in [0.29, 0.717) is 38.0 Å². The Morgan fingerprint density at radius 3 is 2.64 bits per heavy atom. The van der Waals surface area contributed by atoms with Gasteiger partial charge in [0.25, 0.3) is 0 Å². The highest BCUT2D eigenvalue weighted by atomic mass is 79.9. The third kappa shape index (κ3) is 7.46. The average molecular weight is 559 g/mol. The van der Waals surface area contributed by atoms with Gasteiger partial charge < -0.3 is 25.6 Å². The van der Waals surface area contributed by atoms with Gasteiger partial charge in [-0.1, -0.05) is 37.5 Å². The number of carbonyl (C=O) groups excluding carboxylic acids is 2. The van der Waals surface area contributed by atoms with Crippen molar-refractivity contribution >= 4 is 46.1 Å². The number of carbonyl (C=O) groups is 2. The van der Waals surface area contributed by atoms with Crippen molar-refractivity contribution in [3.05, 3.63) is 54.1 Å². The Balaban J connectivity index is 0.00000361. The van der Waals surface area contributed by atoms with E-state index in [1.54, 1.807) is 4.90 Å². The number of hydrogen-bond donors (Lipinski definition) is 2. The molecule has 2 aromatic carbocycles. The summed E-state index contributed by atoms with van der Waals surface area (Å²) in [6.07, 6.45) is 7.11. The maximum absolute atomic E-state index is 12.5. The molecule has 1 fully saturated rings. The molecule has 3 N–H and O–H groups in total. The summed E-state index contributed by atoms with van der Waals surface area (Å²) in [6, 6.07) is 15.4. The van der Waals surface area contributed by atoms with E-state index in [0.717, 1.165) is 35.5 Å². The zero-order chi connectivity index (χ0) is 24.6. The molecule has 2 amide bonds. The maximum Gasteiger partial charge on any atom is 0.244 e. The van der Waals surface area contributed by atoms with Crippen LogP contribution >= 0.6 is 17.0 Å². The topological polar surface area (TPSA) is 100 Å². The minimum atomic E-state index is -0.159. The first-order valence-electron chi connectivity index (χ1n) is 12.4. The predicted molar refractivity (Wildman–Crippen MR) is 148 cm³/mol. The standard InChI is InChI=1S/C27H35N5O3.BrH/c1-31(22-11-6-3-7-12-22)26(34)13-8-16-35-23-14-15-24-20(17-23)18-32(27(28)30-24)19-25(33)29-21-9-4-2-5-10-21;/h2,4-5,9-10,14-15,17,22H,3,6-8,11-13,16,18-19H2,1H3,(H2,28,30)(H,29,33);1H. The van der Waals surface area contributed by atoms with Crippen molar-refractivity contribution in [2.75, 3.05) is 25.5 Å². The van der Waals surface area contributed by atoms with Gasteiger partial charge in [-0.3, -0.25) is 9.59 Å². The van der Waals surface area contributed by atoms with Crippen LogP contribution in [-0.2, 0) is 16.1 Å². The first-order chi connectivity index (χ1) is 17.0. The highest BCUT2D eigenvalue weighted by Crippen LogP contribution is 2.29. The number of anilines is 1. The van der Waals surface area contributed by atoms with Crippen molar-refractivity contribution in [3.8, 4) is 5.75 Å². The summed E-state index contributed by atoms with van der Waals surface area (Å²) < 4.78 is 5.92. The first-order valence-corrected chi connectivity index (χ1v) is 12.4. The molecular weight excluding hydrogens is 522 g/mol. The van der Waals surface area contributed by atoms with Crippen LogP contribution in [0, 0.1) is 0 Å². The van der Waals surface area contributed by atoms with E-state index in [9.17, 15) is 9.59 Å². The monoisotopic (exact) mass is 557 g/mol. The van der Waals surface area contributed by atoms with Crippen LogP contribution < -0.4 is 15.8 Å². The van der Waals surface area contributed by atoms with E-state index in [1.165, 1.54) is 19.3 Å². The van der Waals surface area contributed by atoms with Gasteiger partial charge in [0.2, 0.25) is 11.8 Å². The van der Waals surface area contributed by atoms with Crippen molar-refractivity contribution in [1.82, 2.24) is 9.80 Å². The van der Waals surface area contributed by atoms with Crippen LogP contribution in [0.4, 0.5) is 11.4 Å². The number of aliphatic imine (C=N–C) groups is 1. The Hall–Kier alpha value is -3.07. The number of rotatable bonds is 9. The summed E-state index contributed by atoms with van der Waals surface area (Å²) in [5.41, 5.74) is 8.57. The zero-order valence-corrected chi connectivity index (χ0v) is 22.5. The molecule has 9 heteroatoms. The molecule has 2 aliphatic rings. The van der Waals surface area contributed by atoms with Crippen LogP contribution in [-0.4, -0.2) is 53.8 Å². The van der Waals surface area contributed by atoms with Gasteiger partial charge in [-0.05, 0) is 49.6 Å². The lowest BCUT2D eigenvalue weighted by Gasteiger charge is -2.31. The number of guanidine groups is 1. The second kappa shape index (κ2) is 13.3. The van der Waals surface area contributed by atoms with Gasteiger partial charge >= 0.3 is 0 Å². The third-order valence-electron chi connectivity index (χ3n) is 6.68. The lowest BCUT2D eigenvalue weighted by Crippen LogP contribution is -2.43. The summed E-state index contributed by atoms with van der Waals surface area (Å²) in [6.45, 7) is 1.04. The number of nitrogens with zero attached hydrogens (tertiary/aromatic N) is 3. The number of nitrogens with two attached hydrogens (primary N) is 1. The molecule has 0 atom stereocenters. The highest BCUT2D eigenvalue weighted by molar-refractivity contribution is 8.93. The highest BCUT2D eigenvalue weighted by Gasteiger charge is 2.22. The van der Waals surface area contributed by atoms with E-state index in [2.05, 4.69) is 10.3 Å². The van der Waals surface area contributed by atoms with Gasteiger partial charge in [-0.15, -0.1) is 17.0 Å². The van der Waals surface area contributed by atoms with Crippen molar-refractivity contribution in [3.63, 3.8) is 0 Å². The molecule has 0 aromatic heterocycles. The number of hydrogen-bond acceptors (Lipinski definition) is 6. The van der Waals surface area contributed by atoms with Crippen molar-refractivity contribution in [2.45, 2.75) is 57.5 Å². The fourth-order valence-electron chi connectivity index (χ4n) is 4.66. The molecule has 1 aliphatic heterocycles. The van der Waals surface area contributed by atoms with Gasteiger partial charge in [-0.25, -0.2) is 4.99 Å². The van der Waals surface area contributed by atoms with Gasteiger partial charge in [0, 0.05) is 37.3 Å².